The highest BCUT2D eigenvalue weighted by Gasteiger charge is 2.52. The van der Waals surface area contributed by atoms with Crippen molar-refractivity contribution in [2.45, 2.75) is 31.8 Å². The molecule has 0 unspecified atom stereocenters. The molecule has 0 amide bonds. The average Bonchev–Trinajstić information content (AvgIpc) is 2.96. The third-order valence-electron chi connectivity index (χ3n) is 5.41. The lowest BCUT2D eigenvalue weighted by Crippen LogP contribution is -2.49. The first-order valence-electron chi connectivity index (χ1n) is 8.88. The Balaban J connectivity index is 1.71. The van der Waals surface area contributed by atoms with Gasteiger partial charge in [0.2, 0.25) is 0 Å². The lowest BCUT2D eigenvalue weighted by Gasteiger charge is -2.43. The minimum atomic E-state index is -0.202. The molecule has 0 spiro atoms. The first-order chi connectivity index (χ1) is 11.7. The van der Waals surface area contributed by atoms with Gasteiger partial charge in [0.1, 0.15) is 11.4 Å². The number of piperidine rings is 1. The van der Waals surface area contributed by atoms with Gasteiger partial charge in [-0.1, -0.05) is 60.2 Å². The van der Waals surface area contributed by atoms with Gasteiger partial charge in [-0.15, -0.1) is 0 Å². The molecule has 2 aliphatic rings. The Labute approximate surface area is 144 Å². The molecule has 24 heavy (non-hydrogen) atoms. The lowest BCUT2D eigenvalue weighted by molar-refractivity contribution is 0.00300. The van der Waals surface area contributed by atoms with Crippen molar-refractivity contribution in [1.82, 2.24) is 4.90 Å². The molecule has 2 heteroatoms. The molecule has 0 aromatic heterocycles. The zero-order valence-corrected chi connectivity index (χ0v) is 14.5. The molecular formula is C22H25NO. The predicted octanol–water partition coefficient (Wildman–Crippen LogP) is 4.73. The minimum Gasteiger partial charge on any atom is -0.482 e. The molecule has 1 fully saturated rings. The van der Waals surface area contributed by atoms with Crippen LogP contribution in [0.2, 0.25) is 0 Å². The van der Waals surface area contributed by atoms with Gasteiger partial charge in [0.05, 0.1) is 0 Å². The van der Waals surface area contributed by atoms with Crippen LogP contribution in [-0.4, -0.2) is 24.5 Å². The fourth-order valence-corrected chi connectivity index (χ4v) is 4.13. The van der Waals surface area contributed by atoms with Gasteiger partial charge >= 0.3 is 0 Å². The summed E-state index contributed by atoms with van der Waals surface area (Å²) in [6.07, 6.45) is 3.37. The zero-order chi connectivity index (χ0) is 16.6. The second-order valence-corrected chi connectivity index (χ2v) is 7.24. The van der Waals surface area contributed by atoms with Crippen molar-refractivity contribution in [3.8, 4) is 5.75 Å². The number of rotatable bonds is 3. The summed E-state index contributed by atoms with van der Waals surface area (Å²) in [6, 6.07) is 19.4. The van der Waals surface area contributed by atoms with Crippen LogP contribution in [-0.2, 0) is 5.60 Å². The summed E-state index contributed by atoms with van der Waals surface area (Å²) in [6.45, 7) is 7.50. The standard InChI is InChI=1S/C22H25NO/c1-17(2)12-14-23-15-13-22(18-8-4-3-5-9-18)20(16-23)19-10-6-7-11-21(19)24-22/h3-12,20H,13-16H2,1-2H3/t20-,22+/m0/s1. The van der Waals surface area contributed by atoms with E-state index in [4.69, 9.17) is 4.74 Å². The molecule has 2 nitrogen and oxygen atoms in total. The van der Waals surface area contributed by atoms with Crippen LogP contribution in [0.4, 0.5) is 0 Å². The van der Waals surface area contributed by atoms with Gasteiger partial charge < -0.3 is 4.74 Å². The minimum absolute atomic E-state index is 0.202. The maximum absolute atomic E-state index is 6.62. The van der Waals surface area contributed by atoms with Crippen LogP contribution < -0.4 is 4.74 Å². The molecule has 2 atom stereocenters. The summed E-state index contributed by atoms with van der Waals surface area (Å²) in [5, 5.41) is 0. The first kappa shape index (κ1) is 15.5. The van der Waals surface area contributed by atoms with Crippen molar-refractivity contribution in [2.24, 2.45) is 0 Å². The van der Waals surface area contributed by atoms with Crippen LogP contribution in [0.15, 0.2) is 66.2 Å². The molecule has 2 heterocycles. The smallest absolute Gasteiger partial charge is 0.143 e. The normalized spacial score (nSPS) is 25.5. The highest BCUT2D eigenvalue weighted by atomic mass is 16.5. The predicted molar refractivity (Wildman–Crippen MR) is 98.4 cm³/mol. The Bertz CT molecular complexity index is 748. The number of ether oxygens (including phenoxy) is 1. The Kier molecular flexibility index (Phi) is 3.93. The Morgan fingerprint density at radius 1 is 1.12 bits per heavy atom. The molecule has 1 saturated heterocycles. The van der Waals surface area contributed by atoms with E-state index in [1.165, 1.54) is 16.7 Å². The fraction of sp³-hybridized carbons (Fsp3) is 0.364. The topological polar surface area (TPSA) is 12.5 Å². The van der Waals surface area contributed by atoms with Gasteiger partial charge in [-0.25, -0.2) is 0 Å². The van der Waals surface area contributed by atoms with E-state index in [1.807, 2.05) is 0 Å². The fourth-order valence-electron chi connectivity index (χ4n) is 4.13. The Hall–Kier alpha value is -2.06. The number of para-hydroxylation sites is 1. The Morgan fingerprint density at radius 2 is 1.88 bits per heavy atom. The SMILES string of the molecule is CC(C)=CCN1CC[C@]2(c3ccccc3)Oc3ccccc3[C@@H]2C1. The van der Waals surface area contributed by atoms with Crippen LogP contribution >= 0.6 is 0 Å². The number of benzene rings is 2. The lowest BCUT2D eigenvalue weighted by atomic mass is 9.74. The van der Waals surface area contributed by atoms with E-state index < -0.39 is 0 Å². The van der Waals surface area contributed by atoms with Crippen molar-refractivity contribution in [2.75, 3.05) is 19.6 Å². The zero-order valence-electron chi connectivity index (χ0n) is 14.5. The quantitative estimate of drug-likeness (QED) is 0.758. The van der Waals surface area contributed by atoms with Crippen molar-refractivity contribution >= 4 is 0 Å². The maximum atomic E-state index is 6.62. The van der Waals surface area contributed by atoms with Gasteiger partial charge in [0.25, 0.3) is 0 Å². The van der Waals surface area contributed by atoms with Gasteiger partial charge in [-0.3, -0.25) is 4.90 Å². The van der Waals surface area contributed by atoms with Crippen molar-refractivity contribution < 1.29 is 4.74 Å². The molecule has 0 bridgehead atoms. The van der Waals surface area contributed by atoms with Crippen LogP contribution in [0.25, 0.3) is 0 Å². The highest BCUT2D eigenvalue weighted by molar-refractivity contribution is 5.47. The second-order valence-electron chi connectivity index (χ2n) is 7.24. The summed E-state index contributed by atoms with van der Waals surface area (Å²) < 4.78 is 6.62. The van der Waals surface area contributed by atoms with Crippen LogP contribution in [0, 0.1) is 0 Å². The molecule has 2 aromatic rings. The molecule has 0 saturated carbocycles. The van der Waals surface area contributed by atoms with E-state index in [-0.39, 0.29) is 5.60 Å². The van der Waals surface area contributed by atoms with Crippen LogP contribution in [0.5, 0.6) is 5.75 Å². The van der Waals surface area contributed by atoms with Gasteiger partial charge in [-0.05, 0) is 25.5 Å². The largest absolute Gasteiger partial charge is 0.482 e. The van der Waals surface area contributed by atoms with Gasteiger partial charge in [-0.2, -0.15) is 0 Å². The van der Waals surface area contributed by atoms with E-state index >= 15 is 0 Å². The van der Waals surface area contributed by atoms with E-state index in [9.17, 15) is 0 Å². The molecule has 2 aliphatic heterocycles. The molecule has 2 aromatic carbocycles. The third kappa shape index (κ3) is 2.55. The molecule has 124 valence electrons. The maximum Gasteiger partial charge on any atom is 0.143 e. The van der Waals surface area contributed by atoms with E-state index in [0.717, 1.165) is 31.8 Å². The van der Waals surface area contributed by atoms with Gasteiger partial charge in [0.15, 0.2) is 0 Å². The number of hydrogen-bond donors (Lipinski definition) is 0. The first-order valence-corrected chi connectivity index (χ1v) is 8.88. The van der Waals surface area contributed by atoms with Crippen molar-refractivity contribution in [1.29, 1.82) is 0 Å². The highest BCUT2D eigenvalue weighted by Crippen LogP contribution is 2.54. The monoisotopic (exact) mass is 319 g/mol. The van der Waals surface area contributed by atoms with E-state index in [2.05, 4.69) is 79.4 Å². The van der Waals surface area contributed by atoms with Crippen molar-refractivity contribution in [3.63, 3.8) is 0 Å². The number of hydrogen-bond acceptors (Lipinski definition) is 2. The third-order valence-corrected chi connectivity index (χ3v) is 5.41. The molecule has 4 rings (SSSR count). The molecular weight excluding hydrogens is 294 g/mol. The summed E-state index contributed by atoms with van der Waals surface area (Å²) >= 11 is 0. The summed E-state index contributed by atoms with van der Waals surface area (Å²) in [5.74, 6) is 1.46. The number of allylic oxidation sites excluding steroid dienone is 1. The van der Waals surface area contributed by atoms with Gasteiger partial charge in [0, 0.05) is 37.5 Å². The summed E-state index contributed by atoms with van der Waals surface area (Å²) in [7, 11) is 0. The van der Waals surface area contributed by atoms with E-state index in [0.29, 0.717) is 5.92 Å². The van der Waals surface area contributed by atoms with Crippen LogP contribution in [0.1, 0.15) is 37.3 Å². The number of nitrogens with zero attached hydrogens (tertiary/aromatic N) is 1. The second kappa shape index (κ2) is 6.10. The Morgan fingerprint density at radius 3 is 2.67 bits per heavy atom. The molecule has 0 N–H and O–H groups in total. The number of fused-ring (bicyclic) bond motifs is 3. The van der Waals surface area contributed by atoms with Crippen molar-refractivity contribution in [3.05, 3.63) is 77.4 Å². The summed E-state index contributed by atoms with van der Waals surface area (Å²) in [4.78, 5) is 2.56. The molecule has 0 radical (unpaired) electrons. The van der Waals surface area contributed by atoms with Crippen LogP contribution in [0.3, 0.4) is 0 Å². The number of likely N-dealkylation sites (tertiary alicyclic amines) is 1. The van der Waals surface area contributed by atoms with E-state index in [1.54, 1.807) is 0 Å². The summed E-state index contributed by atoms with van der Waals surface area (Å²) in [5.41, 5.74) is 3.86. The molecule has 0 aliphatic carbocycles. The average molecular weight is 319 g/mol.